The summed E-state index contributed by atoms with van der Waals surface area (Å²) in [5.41, 5.74) is 6.57. The highest BCUT2D eigenvalue weighted by molar-refractivity contribution is 6.02. The number of nitrogens with zero attached hydrogens (tertiary/aromatic N) is 2. The van der Waals surface area contributed by atoms with E-state index in [9.17, 15) is 0 Å². The van der Waals surface area contributed by atoms with E-state index in [0.29, 0.717) is 52.9 Å². The minimum atomic E-state index is 0.496. The number of aromatic nitrogens is 2. The molecule has 9 rings (SSSR count). The molecule has 222 valence electrons. The van der Waals surface area contributed by atoms with E-state index in [1.54, 1.807) is 0 Å². The quantitative estimate of drug-likeness (QED) is 0.203. The number of hydrogen-bond acceptors (Lipinski definition) is 7. The summed E-state index contributed by atoms with van der Waals surface area (Å²) in [5, 5.41) is 2.23. The van der Waals surface area contributed by atoms with Crippen molar-refractivity contribution >= 4 is 21.8 Å². The molecular weight excluding hydrogens is 540 g/mol. The Bertz CT molecular complexity index is 1480. The van der Waals surface area contributed by atoms with E-state index in [0.717, 1.165) is 70.4 Å². The van der Waals surface area contributed by atoms with E-state index in [2.05, 4.69) is 60.7 Å². The van der Waals surface area contributed by atoms with Crippen LogP contribution in [0.25, 0.3) is 21.8 Å². The molecule has 0 amide bonds. The normalized spacial score (nSPS) is 16.3. The molecule has 4 aliphatic rings. The Hall–Kier alpha value is -4.04. The van der Waals surface area contributed by atoms with Crippen LogP contribution in [0.4, 0.5) is 0 Å². The lowest BCUT2D eigenvalue weighted by atomic mass is 10.0. The van der Waals surface area contributed by atoms with Crippen LogP contribution in [-0.4, -0.2) is 62.8 Å². The maximum absolute atomic E-state index is 5.83. The molecule has 43 heavy (non-hydrogen) atoms. The highest BCUT2D eigenvalue weighted by atomic mass is 16.6. The van der Waals surface area contributed by atoms with Gasteiger partial charge in [-0.3, -0.25) is 9.97 Å². The van der Waals surface area contributed by atoms with Crippen molar-refractivity contribution < 1.29 is 23.7 Å². The van der Waals surface area contributed by atoms with Crippen LogP contribution in [-0.2, 0) is 39.9 Å². The monoisotopic (exact) mass is 578 g/mol. The van der Waals surface area contributed by atoms with Crippen LogP contribution in [0.1, 0.15) is 22.5 Å². The summed E-state index contributed by atoms with van der Waals surface area (Å²) in [6, 6.07) is 29.4. The molecule has 5 aromatic rings. The molecule has 8 bridgehead atoms. The van der Waals surface area contributed by atoms with Crippen LogP contribution in [0.15, 0.2) is 84.9 Å². The van der Waals surface area contributed by atoms with Crippen LogP contribution in [0.3, 0.4) is 0 Å². The average Bonchev–Trinajstić information content (AvgIpc) is 3.05. The lowest BCUT2D eigenvalue weighted by Gasteiger charge is -2.09. The summed E-state index contributed by atoms with van der Waals surface area (Å²) in [4.78, 5) is 10.2. The Balaban J connectivity index is 1.17. The van der Waals surface area contributed by atoms with Crippen molar-refractivity contribution in [3.05, 3.63) is 107 Å². The zero-order valence-electron chi connectivity index (χ0n) is 24.5. The fourth-order valence-electron chi connectivity index (χ4n) is 5.16. The zero-order valence-corrected chi connectivity index (χ0v) is 24.5. The first kappa shape index (κ1) is 29.1. The first-order valence-corrected chi connectivity index (χ1v) is 15.2. The second-order valence-electron chi connectivity index (χ2n) is 10.6. The average molecular weight is 579 g/mol. The maximum Gasteiger partial charge on any atom is 0.119 e. The number of pyridine rings is 2. The van der Waals surface area contributed by atoms with Gasteiger partial charge in [-0.15, -0.1) is 0 Å². The molecule has 0 fully saturated rings. The van der Waals surface area contributed by atoms with E-state index in [1.807, 2.05) is 24.3 Å². The van der Waals surface area contributed by atoms with Gasteiger partial charge in [0.1, 0.15) is 24.7 Å². The molecule has 7 heteroatoms. The SMILES string of the molecule is c1cc2ccc1CCc1ccc3ccc4ccc(nc4c3n1)CCc1ccc(cc1)OCCOCCOCCOCCO2. The van der Waals surface area contributed by atoms with Crippen LogP contribution in [0.2, 0.25) is 0 Å². The van der Waals surface area contributed by atoms with Crippen LogP contribution in [0, 0.1) is 0 Å². The van der Waals surface area contributed by atoms with Gasteiger partial charge in [0, 0.05) is 22.2 Å². The Labute approximate surface area is 252 Å². The Morgan fingerprint density at radius 2 is 0.744 bits per heavy atom. The molecule has 0 unspecified atom stereocenters. The predicted octanol–water partition coefficient (Wildman–Crippen LogP) is 6.17. The molecule has 0 N–H and O–H groups in total. The summed E-state index contributed by atoms with van der Waals surface area (Å²) in [6.07, 6.45) is 3.52. The van der Waals surface area contributed by atoms with Crippen LogP contribution in [0.5, 0.6) is 11.5 Å². The van der Waals surface area contributed by atoms with E-state index in [1.165, 1.54) is 11.1 Å². The van der Waals surface area contributed by atoms with Gasteiger partial charge >= 0.3 is 0 Å². The number of hydrogen-bond donors (Lipinski definition) is 0. The fourth-order valence-corrected chi connectivity index (χ4v) is 5.16. The van der Waals surface area contributed by atoms with Crippen molar-refractivity contribution in [1.82, 2.24) is 9.97 Å². The highest BCUT2D eigenvalue weighted by Crippen LogP contribution is 2.24. The largest absolute Gasteiger partial charge is 0.491 e. The summed E-state index contributed by atoms with van der Waals surface area (Å²) < 4.78 is 28.5. The van der Waals surface area contributed by atoms with Crippen molar-refractivity contribution in [3.63, 3.8) is 0 Å². The van der Waals surface area contributed by atoms with Crippen molar-refractivity contribution in [2.75, 3.05) is 52.9 Å². The van der Waals surface area contributed by atoms with Gasteiger partial charge in [-0.05, 0) is 73.2 Å². The van der Waals surface area contributed by atoms with Crippen LogP contribution < -0.4 is 9.47 Å². The molecule has 0 radical (unpaired) electrons. The Kier molecular flexibility index (Phi) is 10.1. The fraction of sp³-hybridized carbons (Fsp3) is 0.333. The highest BCUT2D eigenvalue weighted by Gasteiger charge is 2.08. The molecule has 0 saturated heterocycles. The number of rotatable bonds is 0. The third-order valence-corrected chi connectivity index (χ3v) is 7.56. The molecule has 2 aromatic heterocycles. The van der Waals surface area contributed by atoms with E-state index in [4.69, 9.17) is 33.7 Å². The zero-order chi connectivity index (χ0) is 29.1. The van der Waals surface area contributed by atoms with Gasteiger partial charge in [0.05, 0.1) is 50.7 Å². The molecule has 3 aromatic carbocycles. The van der Waals surface area contributed by atoms with Gasteiger partial charge in [-0.2, -0.15) is 0 Å². The molecule has 0 saturated carbocycles. The van der Waals surface area contributed by atoms with Crippen LogP contribution >= 0.6 is 0 Å². The number of ether oxygens (including phenoxy) is 5. The summed E-state index contributed by atoms with van der Waals surface area (Å²) >= 11 is 0. The molecular formula is C36H38N2O5. The maximum atomic E-state index is 5.83. The molecule has 6 heterocycles. The standard InChI is InChI=1S/C36H38N2O5/c1-11-31-13-9-29-7-8-30-10-14-32(38-36(30)35(29)37-31)12-2-28-5-17-34(18-6-28)43-26-24-41-22-20-39-19-21-40-23-25-42-33-15-3-27(1)4-16-33/h3-10,13-18H,1-2,11-12,19-26H2. The second kappa shape index (κ2) is 14.9. The van der Waals surface area contributed by atoms with E-state index in [-0.39, 0.29) is 0 Å². The molecule has 0 aliphatic carbocycles. The van der Waals surface area contributed by atoms with Crippen molar-refractivity contribution in [2.45, 2.75) is 25.7 Å². The minimum absolute atomic E-state index is 0.496. The molecule has 4 aliphatic heterocycles. The summed E-state index contributed by atoms with van der Waals surface area (Å²) in [6.45, 7) is 4.12. The molecule has 0 spiro atoms. The van der Waals surface area contributed by atoms with Gasteiger partial charge < -0.3 is 23.7 Å². The van der Waals surface area contributed by atoms with Gasteiger partial charge in [-0.25, -0.2) is 0 Å². The number of aryl methyl sites for hydroxylation is 4. The summed E-state index contributed by atoms with van der Waals surface area (Å²) in [5.74, 6) is 1.68. The summed E-state index contributed by atoms with van der Waals surface area (Å²) in [7, 11) is 0. The van der Waals surface area contributed by atoms with Crippen molar-refractivity contribution in [1.29, 1.82) is 0 Å². The smallest absolute Gasteiger partial charge is 0.119 e. The first-order chi connectivity index (χ1) is 21.3. The Morgan fingerprint density at radius 3 is 1.16 bits per heavy atom. The van der Waals surface area contributed by atoms with Crippen molar-refractivity contribution in [2.24, 2.45) is 0 Å². The van der Waals surface area contributed by atoms with Crippen molar-refractivity contribution in [3.8, 4) is 11.5 Å². The topological polar surface area (TPSA) is 71.9 Å². The second-order valence-corrected chi connectivity index (χ2v) is 10.6. The lowest BCUT2D eigenvalue weighted by molar-refractivity contribution is 0.00499. The van der Waals surface area contributed by atoms with E-state index < -0.39 is 0 Å². The third-order valence-electron chi connectivity index (χ3n) is 7.56. The van der Waals surface area contributed by atoms with Gasteiger partial charge in [0.2, 0.25) is 0 Å². The first-order valence-electron chi connectivity index (χ1n) is 15.2. The van der Waals surface area contributed by atoms with Gasteiger partial charge in [-0.1, -0.05) is 48.5 Å². The number of benzene rings is 3. The minimum Gasteiger partial charge on any atom is -0.491 e. The molecule has 7 nitrogen and oxygen atoms in total. The third kappa shape index (κ3) is 8.29. The lowest BCUT2D eigenvalue weighted by Crippen LogP contribution is -2.14. The van der Waals surface area contributed by atoms with Gasteiger partial charge in [0.25, 0.3) is 0 Å². The van der Waals surface area contributed by atoms with Gasteiger partial charge in [0.15, 0.2) is 0 Å². The Morgan fingerprint density at radius 1 is 0.372 bits per heavy atom. The molecule has 0 atom stereocenters. The van der Waals surface area contributed by atoms with E-state index >= 15 is 0 Å². The predicted molar refractivity (Wildman–Crippen MR) is 168 cm³/mol.